The standard InChI is InChI=1S/C13H20N2O2/c1-3-10-5-13(8-14(10)4-2)6-11-7-17-9-15(11)12(13)16/h3,11H,4-9H2,1-2H3/b10-3+. The summed E-state index contributed by atoms with van der Waals surface area (Å²) in [5, 5.41) is 0. The Labute approximate surface area is 102 Å². The lowest BCUT2D eigenvalue weighted by molar-refractivity contribution is -0.137. The number of rotatable bonds is 1. The maximum atomic E-state index is 12.5. The monoisotopic (exact) mass is 236 g/mol. The summed E-state index contributed by atoms with van der Waals surface area (Å²) in [5.74, 6) is 0.315. The zero-order valence-corrected chi connectivity index (χ0v) is 10.6. The van der Waals surface area contributed by atoms with Gasteiger partial charge in [0.15, 0.2) is 0 Å². The Kier molecular flexibility index (Phi) is 2.43. The van der Waals surface area contributed by atoms with Gasteiger partial charge in [-0.3, -0.25) is 4.79 Å². The van der Waals surface area contributed by atoms with Crippen LogP contribution in [0, 0.1) is 5.41 Å². The van der Waals surface area contributed by atoms with Crippen molar-refractivity contribution in [2.24, 2.45) is 5.41 Å². The second-order valence-corrected chi connectivity index (χ2v) is 5.38. The molecular formula is C13H20N2O2. The van der Waals surface area contributed by atoms with Gasteiger partial charge in [-0.25, -0.2) is 0 Å². The van der Waals surface area contributed by atoms with E-state index in [0.29, 0.717) is 18.7 Å². The molecule has 3 saturated heterocycles. The van der Waals surface area contributed by atoms with Crippen LogP contribution in [-0.2, 0) is 9.53 Å². The van der Waals surface area contributed by atoms with E-state index in [-0.39, 0.29) is 5.41 Å². The molecular weight excluding hydrogens is 216 g/mol. The summed E-state index contributed by atoms with van der Waals surface area (Å²) in [7, 11) is 0. The lowest BCUT2D eigenvalue weighted by Gasteiger charge is -2.22. The maximum Gasteiger partial charge on any atom is 0.233 e. The number of fused-ring (bicyclic) bond motifs is 1. The van der Waals surface area contributed by atoms with E-state index in [4.69, 9.17) is 4.74 Å². The Morgan fingerprint density at radius 3 is 3.00 bits per heavy atom. The molecule has 0 bridgehead atoms. The van der Waals surface area contributed by atoms with Gasteiger partial charge in [0, 0.05) is 25.2 Å². The molecule has 0 aromatic carbocycles. The molecule has 0 aromatic heterocycles. The van der Waals surface area contributed by atoms with Crippen molar-refractivity contribution in [3.05, 3.63) is 11.8 Å². The van der Waals surface area contributed by atoms with Crippen LogP contribution in [0.3, 0.4) is 0 Å². The number of nitrogens with zero attached hydrogens (tertiary/aromatic N) is 2. The summed E-state index contributed by atoms with van der Waals surface area (Å²) < 4.78 is 5.37. The Morgan fingerprint density at radius 1 is 1.59 bits per heavy atom. The number of amides is 1. The van der Waals surface area contributed by atoms with Crippen LogP contribution in [0.2, 0.25) is 0 Å². The summed E-state index contributed by atoms with van der Waals surface area (Å²) in [6, 6.07) is 0.331. The van der Waals surface area contributed by atoms with Crippen molar-refractivity contribution < 1.29 is 9.53 Å². The van der Waals surface area contributed by atoms with E-state index in [1.165, 1.54) is 5.70 Å². The zero-order chi connectivity index (χ0) is 12.0. The normalized spacial score (nSPS) is 38.8. The molecule has 0 aromatic rings. The number of hydrogen-bond donors (Lipinski definition) is 0. The fourth-order valence-electron chi connectivity index (χ4n) is 3.58. The van der Waals surface area contributed by atoms with Crippen molar-refractivity contribution in [3.63, 3.8) is 0 Å². The van der Waals surface area contributed by atoms with E-state index < -0.39 is 0 Å². The van der Waals surface area contributed by atoms with Crippen molar-refractivity contribution in [2.45, 2.75) is 32.7 Å². The molecule has 0 aliphatic carbocycles. The third-order valence-electron chi connectivity index (χ3n) is 4.46. The topological polar surface area (TPSA) is 32.8 Å². The molecule has 17 heavy (non-hydrogen) atoms. The second kappa shape index (κ2) is 3.73. The first-order chi connectivity index (χ1) is 8.20. The van der Waals surface area contributed by atoms with Gasteiger partial charge in [0.05, 0.1) is 18.1 Å². The van der Waals surface area contributed by atoms with Crippen LogP contribution in [0.15, 0.2) is 11.8 Å². The van der Waals surface area contributed by atoms with Gasteiger partial charge < -0.3 is 14.5 Å². The predicted molar refractivity (Wildman–Crippen MR) is 64.1 cm³/mol. The molecule has 94 valence electrons. The Bertz CT molecular complexity index is 380. The fraction of sp³-hybridized carbons (Fsp3) is 0.769. The number of ether oxygens (including phenoxy) is 1. The highest BCUT2D eigenvalue weighted by Crippen LogP contribution is 2.48. The predicted octanol–water partition coefficient (Wildman–Crippen LogP) is 1.19. The number of carbonyl (C=O) groups is 1. The average Bonchev–Trinajstić information content (AvgIpc) is 2.98. The van der Waals surface area contributed by atoms with E-state index in [9.17, 15) is 4.79 Å². The molecule has 3 aliphatic rings. The number of carbonyl (C=O) groups excluding carboxylic acids is 1. The minimum Gasteiger partial charge on any atom is -0.374 e. The van der Waals surface area contributed by atoms with Gasteiger partial charge in [-0.05, 0) is 20.3 Å². The van der Waals surface area contributed by atoms with Gasteiger partial charge >= 0.3 is 0 Å². The van der Waals surface area contributed by atoms with Crippen LogP contribution in [0.25, 0.3) is 0 Å². The van der Waals surface area contributed by atoms with Crippen LogP contribution in [0.5, 0.6) is 0 Å². The zero-order valence-electron chi connectivity index (χ0n) is 10.6. The second-order valence-electron chi connectivity index (χ2n) is 5.38. The molecule has 3 rings (SSSR count). The van der Waals surface area contributed by atoms with Crippen molar-refractivity contribution in [1.82, 2.24) is 9.80 Å². The largest absolute Gasteiger partial charge is 0.374 e. The van der Waals surface area contributed by atoms with Gasteiger partial charge in [-0.1, -0.05) is 6.08 Å². The smallest absolute Gasteiger partial charge is 0.233 e. The van der Waals surface area contributed by atoms with E-state index >= 15 is 0 Å². The first kappa shape index (κ1) is 11.1. The molecule has 4 heteroatoms. The third-order valence-corrected chi connectivity index (χ3v) is 4.46. The van der Waals surface area contributed by atoms with E-state index in [1.807, 2.05) is 4.90 Å². The van der Waals surface area contributed by atoms with E-state index in [2.05, 4.69) is 24.8 Å². The fourth-order valence-corrected chi connectivity index (χ4v) is 3.58. The van der Waals surface area contributed by atoms with Gasteiger partial charge in [-0.2, -0.15) is 0 Å². The number of likely N-dealkylation sites (tertiary alicyclic amines) is 1. The first-order valence-corrected chi connectivity index (χ1v) is 6.49. The third kappa shape index (κ3) is 1.43. The molecule has 0 N–H and O–H groups in total. The minimum absolute atomic E-state index is 0.147. The summed E-state index contributed by atoms with van der Waals surface area (Å²) in [5.41, 5.74) is 1.19. The molecule has 3 heterocycles. The molecule has 4 nitrogen and oxygen atoms in total. The quantitative estimate of drug-likeness (QED) is 0.685. The van der Waals surface area contributed by atoms with Crippen LogP contribution in [-0.4, -0.2) is 48.2 Å². The molecule has 1 amide bonds. The summed E-state index contributed by atoms with van der Waals surface area (Å²) in [4.78, 5) is 16.8. The number of hydrogen-bond acceptors (Lipinski definition) is 3. The molecule has 1 spiro atoms. The number of allylic oxidation sites excluding steroid dienone is 2. The van der Waals surface area contributed by atoms with Crippen LogP contribution in [0.4, 0.5) is 0 Å². The van der Waals surface area contributed by atoms with Gasteiger partial charge in [0.2, 0.25) is 5.91 Å². The molecule has 2 unspecified atom stereocenters. The maximum absolute atomic E-state index is 12.5. The van der Waals surface area contributed by atoms with Crippen molar-refractivity contribution in [3.8, 4) is 0 Å². The van der Waals surface area contributed by atoms with Gasteiger partial charge in [0.1, 0.15) is 6.73 Å². The molecule has 3 aliphatic heterocycles. The molecule has 0 radical (unpaired) electrons. The average molecular weight is 236 g/mol. The van der Waals surface area contributed by atoms with Gasteiger partial charge in [-0.15, -0.1) is 0 Å². The molecule has 3 fully saturated rings. The Balaban J connectivity index is 1.87. The van der Waals surface area contributed by atoms with E-state index in [1.54, 1.807) is 0 Å². The van der Waals surface area contributed by atoms with Crippen LogP contribution >= 0.6 is 0 Å². The summed E-state index contributed by atoms with van der Waals surface area (Å²) >= 11 is 0. The van der Waals surface area contributed by atoms with Crippen LogP contribution in [0.1, 0.15) is 26.7 Å². The van der Waals surface area contributed by atoms with Crippen LogP contribution < -0.4 is 0 Å². The Hall–Kier alpha value is -1.03. The van der Waals surface area contributed by atoms with E-state index in [0.717, 1.165) is 32.5 Å². The van der Waals surface area contributed by atoms with Crippen molar-refractivity contribution >= 4 is 5.91 Å². The lowest BCUT2D eigenvalue weighted by atomic mass is 9.83. The highest BCUT2D eigenvalue weighted by atomic mass is 16.5. The SMILES string of the molecule is C/C=C1\CC2(CC3COCN3C2=O)CN1CC. The van der Waals surface area contributed by atoms with Crippen molar-refractivity contribution in [2.75, 3.05) is 26.4 Å². The summed E-state index contributed by atoms with van der Waals surface area (Å²) in [6.45, 7) is 7.35. The molecule has 2 atom stereocenters. The van der Waals surface area contributed by atoms with Gasteiger partial charge in [0.25, 0.3) is 0 Å². The highest BCUT2D eigenvalue weighted by molar-refractivity contribution is 5.86. The van der Waals surface area contributed by atoms with Crippen molar-refractivity contribution in [1.29, 1.82) is 0 Å². The Morgan fingerprint density at radius 2 is 2.41 bits per heavy atom. The summed E-state index contributed by atoms with van der Waals surface area (Å²) in [6.07, 6.45) is 4.05. The molecule has 0 saturated carbocycles. The lowest BCUT2D eigenvalue weighted by Crippen LogP contribution is -2.37. The highest BCUT2D eigenvalue weighted by Gasteiger charge is 2.57. The minimum atomic E-state index is -0.147. The first-order valence-electron chi connectivity index (χ1n) is 6.49.